The van der Waals surface area contributed by atoms with Crippen molar-refractivity contribution in [2.75, 3.05) is 18.9 Å². The molecule has 0 saturated carbocycles. The first-order chi connectivity index (χ1) is 10.5. The van der Waals surface area contributed by atoms with Crippen molar-refractivity contribution in [3.63, 3.8) is 0 Å². The molecule has 0 aliphatic carbocycles. The number of nitrogens with one attached hydrogen (secondary N) is 1. The van der Waals surface area contributed by atoms with Gasteiger partial charge in [-0.3, -0.25) is 4.98 Å². The van der Waals surface area contributed by atoms with E-state index < -0.39 is 10.0 Å². The van der Waals surface area contributed by atoms with Crippen LogP contribution in [-0.4, -0.2) is 45.8 Å². The average Bonchev–Trinajstić information content (AvgIpc) is 3.16. The van der Waals surface area contributed by atoms with E-state index in [4.69, 9.17) is 0 Å². The Morgan fingerprint density at radius 1 is 1.27 bits per heavy atom. The van der Waals surface area contributed by atoms with Crippen LogP contribution in [-0.2, 0) is 17.1 Å². The standard InChI is InChI=1S/C13H18N6O2S/c1-14-13-12(15-5-6-16-13)10-4-3-7-19(10)22(20,21)11-8-18(2)9-17-11/h5-6,8-10H,3-4,7H2,1-2H3,(H,14,16). The third kappa shape index (κ3) is 2.46. The van der Waals surface area contributed by atoms with Crippen LogP contribution in [0.5, 0.6) is 0 Å². The predicted molar refractivity (Wildman–Crippen MR) is 80.7 cm³/mol. The summed E-state index contributed by atoms with van der Waals surface area (Å²) in [5.41, 5.74) is 0.655. The van der Waals surface area contributed by atoms with Crippen LogP contribution in [0.15, 0.2) is 29.9 Å². The molecule has 1 N–H and O–H groups in total. The molecule has 1 saturated heterocycles. The Morgan fingerprint density at radius 2 is 2.05 bits per heavy atom. The molecule has 0 radical (unpaired) electrons. The molecule has 0 aromatic carbocycles. The van der Waals surface area contributed by atoms with Gasteiger partial charge in [0.15, 0.2) is 5.03 Å². The summed E-state index contributed by atoms with van der Waals surface area (Å²) in [5, 5.41) is 3.04. The summed E-state index contributed by atoms with van der Waals surface area (Å²) in [6, 6.07) is -0.317. The average molecular weight is 322 g/mol. The molecular weight excluding hydrogens is 304 g/mol. The van der Waals surface area contributed by atoms with Gasteiger partial charge in [-0.1, -0.05) is 0 Å². The molecular formula is C13H18N6O2S. The van der Waals surface area contributed by atoms with E-state index in [0.29, 0.717) is 18.1 Å². The molecule has 0 amide bonds. The van der Waals surface area contributed by atoms with Crippen LogP contribution < -0.4 is 5.32 Å². The van der Waals surface area contributed by atoms with Gasteiger partial charge in [0.05, 0.1) is 12.4 Å². The van der Waals surface area contributed by atoms with Gasteiger partial charge in [-0.25, -0.2) is 18.4 Å². The fourth-order valence-electron chi connectivity index (χ4n) is 2.73. The van der Waals surface area contributed by atoms with Crippen molar-refractivity contribution < 1.29 is 8.42 Å². The molecule has 3 rings (SSSR count). The second kappa shape index (κ2) is 5.65. The maximum Gasteiger partial charge on any atom is 0.262 e. The van der Waals surface area contributed by atoms with Crippen LogP contribution in [0.3, 0.4) is 0 Å². The SMILES string of the molecule is CNc1nccnc1C1CCCN1S(=O)(=O)c1cn(C)cn1. The van der Waals surface area contributed by atoms with Gasteiger partial charge in [0, 0.05) is 39.2 Å². The molecule has 1 fully saturated rings. The number of rotatable bonds is 4. The summed E-state index contributed by atoms with van der Waals surface area (Å²) in [4.78, 5) is 12.5. The maximum absolute atomic E-state index is 12.8. The van der Waals surface area contributed by atoms with Crippen molar-refractivity contribution in [2.45, 2.75) is 23.9 Å². The molecule has 1 aliphatic rings. The number of sulfonamides is 1. The molecule has 1 aliphatic heterocycles. The first kappa shape index (κ1) is 14.9. The summed E-state index contributed by atoms with van der Waals surface area (Å²) >= 11 is 0. The topological polar surface area (TPSA) is 93.0 Å². The van der Waals surface area contributed by atoms with Gasteiger partial charge in [-0.05, 0) is 12.8 Å². The smallest absolute Gasteiger partial charge is 0.262 e. The van der Waals surface area contributed by atoms with E-state index in [2.05, 4.69) is 20.3 Å². The van der Waals surface area contributed by atoms with Crippen molar-refractivity contribution in [1.82, 2.24) is 23.8 Å². The van der Waals surface area contributed by atoms with Crippen LogP contribution in [0, 0.1) is 0 Å². The van der Waals surface area contributed by atoms with Crippen molar-refractivity contribution in [2.24, 2.45) is 7.05 Å². The van der Waals surface area contributed by atoms with Crippen LogP contribution in [0.1, 0.15) is 24.6 Å². The highest BCUT2D eigenvalue weighted by Gasteiger charge is 2.39. The number of anilines is 1. The second-order valence-corrected chi connectivity index (χ2v) is 7.03. The quantitative estimate of drug-likeness (QED) is 0.894. The fraction of sp³-hybridized carbons (Fsp3) is 0.462. The molecule has 1 unspecified atom stereocenters. The van der Waals surface area contributed by atoms with E-state index in [1.165, 1.54) is 16.8 Å². The maximum atomic E-state index is 12.8. The molecule has 8 nitrogen and oxygen atoms in total. The van der Waals surface area contributed by atoms with Crippen LogP contribution >= 0.6 is 0 Å². The van der Waals surface area contributed by atoms with Gasteiger partial charge in [-0.15, -0.1) is 0 Å². The molecule has 118 valence electrons. The number of hydrogen-bond donors (Lipinski definition) is 1. The lowest BCUT2D eigenvalue weighted by Gasteiger charge is -2.23. The number of hydrogen-bond acceptors (Lipinski definition) is 6. The van der Waals surface area contributed by atoms with E-state index in [1.54, 1.807) is 31.1 Å². The summed E-state index contributed by atoms with van der Waals surface area (Å²) < 4.78 is 28.7. The third-order valence-electron chi connectivity index (χ3n) is 3.74. The highest BCUT2D eigenvalue weighted by Crippen LogP contribution is 2.37. The minimum Gasteiger partial charge on any atom is -0.372 e. The highest BCUT2D eigenvalue weighted by molar-refractivity contribution is 7.89. The third-order valence-corrected chi connectivity index (χ3v) is 5.53. The summed E-state index contributed by atoms with van der Waals surface area (Å²) in [5.74, 6) is 0.607. The second-order valence-electron chi connectivity index (χ2n) is 5.19. The molecule has 1 atom stereocenters. The van der Waals surface area contributed by atoms with Crippen molar-refractivity contribution in [3.05, 3.63) is 30.6 Å². The summed E-state index contributed by atoms with van der Waals surface area (Å²) in [7, 11) is -0.139. The van der Waals surface area contributed by atoms with Crippen LogP contribution in [0.25, 0.3) is 0 Å². The zero-order valence-corrected chi connectivity index (χ0v) is 13.3. The van der Waals surface area contributed by atoms with Crippen molar-refractivity contribution in [3.8, 4) is 0 Å². The zero-order valence-electron chi connectivity index (χ0n) is 12.5. The van der Waals surface area contributed by atoms with E-state index in [9.17, 15) is 8.42 Å². The molecule has 22 heavy (non-hydrogen) atoms. The zero-order chi connectivity index (χ0) is 15.7. The first-order valence-corrected chi connectivity index (χ1v) is 8.46. The number of imidazole rings is 1. The van der Waals surface area contributed by atoms with Crippen LogP contribution in [0.4, 0.5) is 5.82 Å². The lowest BCUT2D eigenvalue weighted by atomic mass is 10.1. The fourth-order valence-corrected chi connectivity index (χ4v) is 4.36. The van der Waals surface area contributed by atoms with Gasteiger partial charge in [0.1, 0.15) is 11.5 Å². The van der Waals surface area contributed by atoms with E-state index in [-0.39, 0.29) is 11.1 Å². The summed E-state index contributed by atoms with van der Waals surface area (Å²) in [6.07, 6.45) is 7.68. The molecule has 2 aromatic rings. The lowest BCUT2D eigenvalue weighted by Crippen LogP contribution is -2.31. The Bertz CT molecular complexity index is 772. The van der Waals surface area contributed by atoms with Crippen LogP contribution in [0.2, 0.25) is 0 Å². The molecule has 0 spiro atoms. The van der Waals surface area contributed by atoms with Gasteiger partial charge in [0.2, 0.25) is 0 Å². The molecule has 3 heterocycles. The largest absolute Gasteiger partial charge is 0.372 e. The number of aromatic nitrogens is 4. The van der Waals surface area contributed by atoms with Gasteiger partial charge >= 0.3 is 0 Å². The normalized spacial score (nSPS) is 19.5. The Balaban J connectivity index is 2.00. The number of nitrogens with zero attached hydrogens (tertiary/aromatic N) is 5. The minimum absolute atomic E-state index is 0.0665. The Hall–Kier alpha value is -2.00. The van der Waals surface area contributed by atoms with Gasteiger partial charge in [0.25, 0.3) is 10.0 Å². The van der Waals surface area contributed by atoms with Crippen molar-refractivity contribution >= 4 is 15.8 Å². The Labute approximate surface area is 129 Å². The highest BCUT2D eigenvalue weighted by atomic mass is 32.2. The summed E-state index contributed by atoms with van der Waals surface area (Å²) in [6.45, 7) is 0.462. The van der Waals surface area contributed by atoms with Gasteiger partial charge < -0.3 is 9.88 Å². The van der Waals surface area contributed by atoms with E-state index in [1.807, 2.05) is 0 Å². The van der Waals surface area contributed by atoms with E-state index in [0.717, 1.165) is 12.8 Å². The molecule has 9 heteroatoms. The number of aryl methyl sites for hydroxylation is 1. The van der Waals surface area contributed by atoms with E-state index >= 15 is 0 Å². The predicted octanol–water partition coefficient (Wildman–Crippen LogP) is 0.778. The monoisotopic (exact) mass is 322 g/mol. The lowest BCUT2D eigenvalue weighted by molar-refractivity contribution is 0.389. The first-order valence-electron chi connectivity index (χ1n) is 7.02. The molecule has 2 aromatic heterocycles. The Kier molecular flexibility index (Phi) is 3.83. The molecule has 0 bridgehead atoms. The minimum atomic E-state index is -3.63. The Morgan fingerprint density at radius 3 is 2.73 bits per heavy atom. The van der Waals surface area contributed by atoms with Gasteiger partial charge in [-0.2, -0.15) is 4.31 Å². The van der Waals surface area contributed by atoms with Crippen molar-refractivity contribution in [1.29, 1.82) is 0 Å².